The molecule has 0 saturated carbocycles. The fourth-order valence-corrected chi connectivity index (χ4v) is 3.03. The van der Waals surface area contributed by atoms with Gasteiger partial charge < -0.3 is 19.9 Å². The molecule has 8 nitrogen and oxygen atoms in total. The van der Waals surface area contributed by atoms with E-state index in [0.717, 1.165) is 5.56 Å². The van der Waals surface area contributed by atoms with Crippen LogP contribution in [0.5, 0.6) is 0 Å². The lowest BCUT2D eigenvalue weighted by Gasteiger charge is -2.34. The molecule has 2 aromatic rings. The number of anilines is 1. The summed E-state index contributed by atoms with van der Waals surface area (Å²) in [6.07, 6.45) is 0. The van der Waals surface area contributed by atoms with Crippen molar-refractivity contribution in [3.8, 4) is 11.4 Å². The second kappa shape index (κ2) is 9.27. The highest BCUT2D eigenvalue weighted by Gasteiger charge is 2.25. The molecule has 1 N–H and O–H groups in total. The molecule has 28 heavy (non-hydrogen) atoms. The number of piperazine rings is 1. The van der Waals surface area contributed by atoms with E-state index in [4.69, 9.17) is 4.74 Å². The maximum absolute atomic E-state index is 13.0. The van der Waals surface area contributed by atoms with Crippen LogP contribution in [0, 0.1) is 0 Å². The van der Waals surface area contributed by atoms with Crippen LogP contribution >= 0.6 is 0 Å². The molecule has 0 unspecified atom stereocenters. The maximum Gasteiger partial charge on any atom is 0.272 e. The lowest BCUT2D eigenvalue weighted by Crippen LogP contribution is -2.50. The maximum atomic E-state index is 13.0. The molecule has 3 rings (SSSR count). The predicted molar refractivity (Wildman–Crippen MR) is 106 cm³/mol. The minimum absolute atomic E-state index is 0.0325. The van der Waals surface area contributed by atoms with Crippen molar-refractivity contribution in [2.45, 2.75) is 6.92 Å². The lowest BCUT2D eigenvalue weighted by atomic mass is 10.2. The van der Waals surface area contributed by atoms with Gasteiger partial charge in [0.1, 0.15) is 11.5 Å². The Kier molecular flexibility index (Phi) is 6.54. The van der Waals surface area contributed by atoms with E-state index in [1.807, 2.05) is 30.3 Å². The molecule has 1 aliphatic heterocycles. The first kappa shape index (κ1) is 19.8. The van der Waals surface area contributed by atoms with E-state index in [1.165, 1.54) is 0 Å². The third-order valence-electron chi connectivity index (χ3n) is 4.60. The third kappa shape index (κ3) is 4.83. The van der Waals surface area contributed by atoms with Gasteiger partial charge in [-0.2, -0.15) is 0 Å². The van der Waals surface area contributed by atoms with Crippen molar-refractivity contribution in [3.63, 3.8) is 0 Å². The van der Waals surface area contributed by atoms with E-state index in [-0.39, 0.29) is 11.8 Å². The quantitative estimate of drug-likeness (QED) is 0.761. The van der Waals surface area contributed by atoms with Gasteiger partial charge in [0.05, 0.1) is 6.61 Å². The molecule has 148 valence electrons. The Morgan fingerprint density at radius 3 is 2.39 bits per heavy atom. The monoisotopic (exact) mass is 383 g/mol. The summed E-state index contributed by atoms with van der Waals surface area (Å²) >= 11 is 0. The Balaban J connectivity index is 1.83. The largest absolute Gasteiger partial charge is 0.383 e. The zero-order chi connectivity index (χ0) is 19.9. The Bertz CT molecular complexity index is 820. The first-order valence-electron chi connectivity index (χ1n) is 9.30. The summed E-state index contributed by atoms with van der Waals surface area (Å²) in [5, 5.41) is 3.18. The summed E-state index contributed by atoms with van der Waals surface area (Å²) in [6.45, 7) is 4.72. The van der Waals surface area contributed by atoms with Gasteiger partial charge in [-0.25, -0.2) is 9.97 Å². The van der Waals surface area contributed by atoms with E-state index in [2.05, 4.69) is 15.3 Å². The molecular formula is C20H25N5O3. The number of methoxy groups -OCH3 is 1. The second-order valence-electron chi connectivity index (χ2n) is 6.55. The molecule has 2 heterocycles. The van der Waals surface area contributed by atoms with E-state index in [0.29, 0.717) is 56.7 Å². The van der Waals surface area contributed by atoms with Crippen LogP contribution in [-0.2, 0) is 9.53 Å². The lowest BCUT2D eigenvalue weighted by molar-refractivity contribution is -0.130. The highest BCUT2D eigenvalue weighted by atomic mass is 16.5. The van der Waals surface area contributed by atoms with Crippen LogP contribution in [0.1, 0.15) is 17.4 Å². The van der Waals surface area contributed by atoms with Crippen LogP contribution in [0.2, 0.25) is 0 Å². The third-order valence-corrected chi connectivity index (χ3v) is 4.60. The summed E-state index contributed by atoms with van der Waals surface area (Å²) in [4.78, 5) is 37.0. The molecule has 1 saturated heterocycles. The number of ether oxygens (including phenoxy) is 1. The van der Waals surface area contributed by atoms with Gasteiger partial charge in [0.15, 0.2) is 5.82 Å². The van der Waals surface area contributed by atoms with Crippen molar-refractivity contribution < 1.29 is 14.3 Å². The summed E-state index contributed by atoms with van der Waals surface area (Å²) < 4.78 is 5.07. The molecule has 1 aromatic carbocycles. The van der Waals surface area contributed by atoms with Gasteiger partial charge in [0, 0.05) is 58.4 Å². The Labute approximate surface area is 164 Å². The molecule has 0 atom stereocenters. The Hall–Kier alpha value is -3.00. The number of benzene rings is 1. The standard InChI is InChI=1S/C20H25N5O3/c1-15(26)24-9-11-25(12-10-24)20(27)17-14-18(21-8-13-28-2)23-19(22-17)16-6-4-3-5-7-16/h3-7,14H,8-13H2,1-2H3,(H,21,22,23). The van der Waals surface area contributed by atoms with Crippen molar-refractivity contribution in [2.24, 2.45) is 0 Å². The fourth-order valence-electron chi connectivity index (χ4n) is 3.03. The number of aromatic nitrogens is 2. The van der Waals surface area contributed by atoms with E-state index < -0.39 is 0 Å². The Morgan fingerprint density at radius 2 is 1.75 bits per heavy atom. The predicted octanol–water partition coefficient (Wildman–Crippen LogP) is 1.51. The molecule has 0 aliphatic carbocycles. The average molecular weight is 383 g/mol. The van der Waals surface area contributed by atoms with Gasteiger partial charge in [-0.05, 0) is 0 Å². The number of carbonyl (C=O) groups is 2. The SMILES string of the molecule is COCCNc1cc(C(=O)N2CCN(C(C)=O)CC2)nc(-c2ccccc2)n1. The molecular weight excluding hydrogens is 358 g/mol. The molecule has 2 amide bonds. The number of rotatable bonds is 6. The molecule has 1 aliphatic rings. The smallest absolute Gasteiger partial charge is 0.272 e. The van der Waals surface area contributed by atoms with Crippen LogP contribution in [0.15, 0.2) is 36.4 Å². The normalized spacial score (nSPS) is 14.1. The van der Waals surface area contributed by atoms with Gasteiger partial charge in [0.2, 0.25) is 5.91 Å². The van der Waals surface area contributed by atoms with Crippen LogP contribution in [0.4, 0.5) is 5.82 Å². The molecule has 8 heteroatoms. The molecule has 0 radical (unpaired) electrons. The van der Waals surface area contributed by atoms with Crippen molar-refractivity contribution >= 4 is 17.6 Å². The van der Waals surface area contributed by atoms with Crippen molar-refractivity contribution in [1.82, 2.24) is 19.8 Å². The molecule has 1 fully saturated rings. The highest BCUT2D eigenvalue weighted by molar-refractivity contribution is 5.93. The van der Waals surface area contributed by atoms with Crippen LogP contribution in [0.25, 0.3) is 11.4 Å². The van der Waals surface area contributed by atoms with Gasteiger partial charge in [0.25, 0.3) is 5.91 Å². The van der Waals surface area contributed by atoms with Gasteiger partial charge in [-0.15, -0.1) is 0 Å². The van der Waals surface area contributed by atoms with Gasteiger partial charge in [-0.3, -0.25) is 9.59 Å². The van der Waals surface area contributed by atoms with E-state index >= 15 is 0 Å². The Morgan fingerprint density at radius 1 is 1.07 bits per heavy atom. The number of carbonyl (C=O) groups excluding carboxylic acids is 2. The molecule has 0 bridgehead atoms. The topological polar surface area (TPSA) is 87.7 Å². The van der Waals surface area contributed by atoms with Crippen molar-refractivity contribution in [3.05, 3.63) is 42.1 Å². The zero-order valence-corrected chi connectivity index (χ0v) is 16.2. The first-order chi connectivity index (χ1) is 13.6. The van der Waals surface area contributed by atoms with E-state index in [9.17, 15) is 9.59 Å². The summed E-state index contributed by atoms with van der Waals surface area (Å²) in [6, 6.07) is 11.2. The van der Waals surface area contributed by atoms with Crippen LogP contribution < -0.4 is 5.32 Å². The molecule has 0 spiro atoms. The minimum Gasteiger partial charge on any atom is -0.383 e. The number of amides is 2. The fraction of sp³-hybridized carbons (Fsp3) is 0.400. The summed E-state index contributed by atoms with van der Waals surface area (Å²) in [7, 11) is 1.63. The minimum atomic E-state index is -0.155. The average Bonchev–Trinajstić information content (AvgIpc) is 2.74. The number of nitrogens with zero attached hydrogens (tertiary/aromatic N) is 4. The second-order valence-corrected chi connectivity index (χ2v) is 6.55. The number of hydrogen-bond donors (Lipinski definition) is 1. The molecule has 1 aromatic heterocycles. The van der Waals surface area contributed by atoms with Crippen molar-refractivity contribution in [1.29, 1.82) is 0 Å². The van der Waals surface area contributed by atoms with Gasteiger partial charge in [-0.1, -0.05) is 30.3 Å². The summed E-state index contributed by atoms with van der Waals surface area (Å²) in [5.74, 6) is 0.952. The number of nitrogens with one attached hydrogen (secondary N) is 1. The highest BCUT2D eigenvalue weighted by Crippen LogP contribution is 2.19. The van der Waals surface area contributed by atoms with E-state index in [1.54, 1.807) is 29.9 Å². The van der Waals surface area contributed by atoms with Gasteiger partial charge >= 0.3 is 0 Å². The first-order valence-corrected chi connectivity index (χ1v) is 9.30. The number of hydrogen-bond acceptors (Lipinski definition) is 6. The van der Waals surface area contributed by atoms with Crippen LogP contribution in [0.3, 0.4) is 0 Å². The van der Waals surface area contributed by atoms with Crippen LogP contribution in [-0.4, -0.2) is 78.0 Å². The zero-order valence-electron chi connectivity index (χ0n) is 16.2. The summed E-state index contributed by atoms with van der Waals surface area (Å²) in [5.41, 5.74) is 1.18. The van der Waals surface area contributed by atoms with Crippen molar-refractivity contribution in [2.75, 3.05) is 51.8 Å².